The summed E-state index contributed by atoms with van der Waals surface area (Å²) in [7, 11) is 0. The van der Waals surface area contributed by atoms with Crippen molar-refractivity contribution in [2.45, 2.75) is 46.1 Å². The Labute approximate surface area is 87.7 Å². The summed E-state index contributed by atoms with van der Waals surface area (Å²) in [5.41, 5.74) is -0.510. The summed E-state index contributed by atoms with van der Waals surface area (Å²) in [6, 6.07) is 0. The van der Waals surface area contributed by atoms with Gasteiger partial charge >= 0.3 is 0 Å². The Kier molecular flexibility index (Phi) is 3.96. The second-order valence-corrected chi connectivity index (χ2v) is 5.08. The molecule has 1 N–H and O–H groups in total. The fourth-order valence-corrected chi connectivity index (χ4v) is 2.77. The molecule has 84 valence electrons. The minimum Gasteiger partial charge on any atom is -0.389 e. The van der Waals surface area contributed by atoms with Crippen LogP contribution in [0.2, 0.25) is 0 Å². The van der Waals surface area contributed by atoms with Gasteiger partial charge in [0.1, 0.15) is 0 Å². The van der Waals surface area contributed by atoms with Crippen LogP contribution in [0, 0.1) is 17.8 Å². The first-order valence-electron chi connectivity index (χ1n) is 5.79. The third-order valence-corrected chi connectivity index (χ3v) is 3.73. The zero-order valence-corrected chi connectivity index (χ0v) is 9.92. The molecule has 0 saturated carbocycles. The Bertz CT molecular complexity index is 161. The van der Waals surface area contributed by atoms with Crippen molar-refractivity contribution in [1.29, 1.82) is 0 Å². The molecule has 0 aromatic carbocycles. The van der Waals surface area contributed by atoms with Crippen LogP contribution in [0.4, 0.5) is 0 Å². The average molecular weight is 200 g/mol. The van der Waals surface area contributed by atoms with E-state index in [1.165, 1.54) is 0 Å². The van der Waals surface area contributed by atoms with Gasteiger partial charge in [-0.3, -0.25) is 0 Å². The van der Waals surface area contributed by atoms with Crippen molar-refractivity contribution < 1.29 is 9.84 Å². The van der Waals surface area contributed by atoms with E-state index >= 15 is 0 Å². The highest BCUT2D eigenvalue weighted by Gasteiger charge is 2.42. The lowest BCUT2D eigenvalue weighted by Gasteiger charge is -2.44. The van der Waals surface area contributed by atoms with Crippen LogP contribution >= 0.6 is 0 Å². The Hall–Kier alpha value is -0.0800. The molecule has 1 rings (SSSR count). The molecule has 1 aliphatic rings. The molecule has 0 amide bonds. The third kappa shape index (κ3) is 2.12. The first-order chi connectivity index (χ1) is 6.49. The third-order valence-electron chi connectivity index (χ3n) is 3.73. The van der Waals surface area contributed by atoms with Crippen LogP contribution in [-0.2, 0) is 4.74 Å². The predicted octanol–water partition coefficient (Wildman–Crippen LogP) is 2.46. The highest BCUT2D eigenvalue weighted by Crippen LogP contribution is 2.38. The van der Waals surface area contributed by atoms with E-state index in [4.69, 9.17) is 4.74 Å². The Morgan fingerprint density at radius 1 is 1.07 bits per heavy atom. The van der Waals surface area contributed by atoms with Crippen LogP contribution in [0.3, 0.4) is 0 Å². The molecule has 0 bridgehead atoms. The molecule has 0 spiro atoms. The molecule has 1 fully saturated rings. The molecule has 0 aromatic heterocycles. The Balaban J connectivity index is 2.75. The van der Waals surface area contributed by atoms with Crippen LogP contribution < -0.4 is 0 Å². The number of rotatable bonds is 3. The summed E-state index contributed by atoms with van der Waals surface area (Å²) in [6.07, 6.45) is 2.01. The smallest absolute Gasteiger partial charge is 0.0722 e. The SMILES string of the molecule is CC(C)C(O)(C(C)C)C1CCOCC1. The van der Waals surface area contributed by atoms with Crippen molar-refractivity contribution in [3.8, 4) is 0 Å². The van der Waals surface area contributed by atoms with Crippen LogP contribution in [0.1, 0.15) is 40.5 Å². The zero-order valence-electron chi connectivity index (χ0n) is 9.92. The van der Waals surface area contributed by atoms with E-state index in [1.54, 1.807) is 0 Å². The molecule has 0 radical (unpaired) electrons. The second-order valence-electron chi connectivity index (χ2n) is 5.08. The molecule has 0 atom stereocenters. The average Bonchev–Trinajstić information content (AvgIpc) is 2.17. The molecular weight excluding hydrogens is 176 g/mol. The highest BCUT2D eigenvalue weighted by molar-refractivity contribution is 4.92. The van der Waals surface area contributed by atoms with Crippen LogP contribution in [-0.4, -0.2) is 23.9 Å². The maximum Gasteiger partial charge on any atom is 0.0722 e. The number of hydrogen-bond acceptors (Lipinski definition) is 2. The van der Waals surface area contributed by atoms with Gasteiger partial charge in [-0.15, -0.1) is 0 Å². The molecule has 1 heterocycles. The fraction of sp³-hybridized carbons (Fsp3) is 1.00. The first-order valence-corrected chi connectivity index (χ1v) is 5.79. The fourth-order valence-electron chi connectivity index (χ4n) is 2.77. The van der Waals surface area contributed by atoms with Crippen LogP contribution in [0.25, 0.3) is 0 Å². The molecule has 0 aromatic rings. The topological polar surface area (TPSA) is 29.5 Å². The molecule has 2 nitrogen and oxygen atoms in total. The lowest BCUT2D eigenvalue weighted by molar-refractivity contribution is -0.124. The number of hydrogen-bond donors (Lipinski definition) is 1. The van der Waals surface area contributed by atoms with Gasteiger partial charge in [-0.2, -0.15) is 0 Å². The van der Waals surface area contributed by atoms with Gasteiger partial charge in [0.15, 0.2) is 0 Å². The monoisotopic (exact) mass is 200 g/mol. The normalized spacial score (nSPS) is 20.8. The maximum atomic E-state index is 10.7. The molecular formula is C12H24O2. The van der Waals surface area contributed by atoms with Crippen molar-refractivity contribution in [2.75, 3.05) is 13.2 Å². The van der Waals surface area contributed by atoms with E-state index in [0.717, 1.165) is 26.1 Å². The molecule has 0 aliphatic carbocycles. The van der Waals surface area contributed by atoms with Gasteiger partial charge < -0.3 is 9.84 Å². The van der Waals surface area contributed by atoms with Gasteiger partial charge in [-0.05, 0) is 30.6 Å². The van der Waals surface area contributed by atoms with E-state index in [1.807, 2.05) is 0 Å². The van der Waals surface area contributed by atoms with E-state index in [2.05, 4.69) is 27.7 Å². The summed E-state index contributed by atoms with van der Waals surface area (Å²) >= 11 is 0. The second kappa shape index (κ2) is 4.63. The van der Waals surface area contributed by atoms with Gasteiger partial charge in [0, 0.05) is 13.2 Å². The Morgan fingerprint density at radius 2 is 1.50 bits per heavy atom. The minimum atomic E-state index is -0.510. The minimum absolute atomic E-state index is 0.325. The number of ether oxygens (including phenoxy) is 1. The standard InChI is InChI=1S/C12H24O2/c1-9(2)12(13,10(3)4)11-5-7-14-8-6-11/h9-11,13H,5-8H2,1-4H3. The van der Waals surface area contributed by atoms with Crippen molar-refractivity contribution in [1.82, 2.24) is 0 Å². The first kappa shape index (κ1) is 12.0. The van der Waals surface area contributed by atoms with Gasteiger partial charge in [0.25, 0.3) is 0 Å². The summed E-state index contributed by atoms with van der Waals surface area (Å²) < 4.78 is 5.34. The van der Waals surface area contributed by atoms with E-state index in [0.29, 0.717) is 17.8 Å². The summed E-state index contributed by atoms with van der Waals surface area (Å²) in [4.78, 5) is 0. The Morgan fingerprint density at radius 3 is 1.86 bits per heavy atom. The van der Waals surface area contributed by atoms with Crippen molar-refractivity contribution in [3.05, 3.63) is 0 Å². The summed E-state index contributed by atoms with van der Waals surface area (Å²) in [5.74, 6) is 1.06. The largest absolute Gasteiger partial charge is 0.389 e. The van der Waals surface area contributed by atoms with Gasteiger partial charge in [0.05, 0.1) is 5.60 Å². The predicted molar refractivity (Wildman–Crippen MR) is 58.2 cm³/mol. The number of aliphatic hydroxyl groups is 1. The summed E-state index contributed by atoms with van der Waals surface area (Å²) in [5, 5.41) is 10.7. The van der Waals surface area contributed by atoms with Crippen molar-refractivity contribution in [2.24, 2.45) is 17.8 Å². The van der Waals surface area contributed by atoms with Crippen molar-refractivity contribution in [3.63, 3.8) is 0 Å². The van der Waals surface area contributed by atoms with Crippen LogP contribution in [0.5, 0.6) is 0 Å². The molecule has 2 heteroatoms. The van der Waals surface area contributed by atoms with Gasteiger partial charge in [-0.25, -0.2) is 0 Å². The van der Waals surface area contributed by atoms with E-state index in [9.17, 15) is 5.11 Å². The molecule has 0 unspecified atom stereocenters. The lowest BCUT2D eigenvalue weighted by atomic mass is 9.68. The highest BCUT2D eigenvalue weighted by atomic mass is 16.5. The van der Waals surface area contributed by atoms with Crippen LogP contribution in [0.15, 0.2) is 0 Å². The van der Waals surface area contributed by atoms with E-state index in [-0.39, 0.29) is 0 Å². The molecule has 14 heavy (non-hydrogen) atoms. The lowest BCUT2D eigenvalue weighted by Crippen LogP contribution is -2.49. The summed E-state index contributed by atoms with van der Waals surface area (Å²) in [6.45, 7) is 10.1. The van der Waals surface area contributed by atoms with Gasteiger partial charge in [0.2, 0.25) is 0 Å². The van der Waals surface area contributed by atoms with Gasteiger partial charge in [-0.1, -0.05) is 27.7 Å². The quantitative estimate of drug-likeness (QED) is 0.758. The molecule has 1 saturated heterocycles. The molecule has 1 aliphatic heterocycles. The van der Waals surface area contributed by atoms with Crippen molar-refractivity contribution >= 4 is 0 Å². The van der Waals surface area contributed by atoms with E-state index < -0.39 is 5.60 Å². The maximum absolute atomic E-state index is 10.7. The zero-order chi connectivity index (χ0) is 10.8.